The van der Waals surface area contributed by atoms with Gasteiger partial charge in [-0.25, -0.2) is 0 Å². The second-order valence-electron chi connectivity index (χ2n) is 4.02. The van der Waals surface area contributed by atoms with E-state index in [1.165, 1.54) is 11.8 Å². The Morgan fingerprint density at radius 1 is 1.47 bits per heavy atom. The topological polar surface area (TPSA) is 26.3 Å². The van der Waals surface area contributed by atoms with Gasteiger partial charge >= 0.3 is 0 Å². The Morgan fingerprint density at radius 2 is 2.24 bits per heavy atom. The van der Waals surface area contributed by atoms with Gasteiger partial charge in [-0.05, 0) is 24.1 Å². The van der Waals surface area contributed by atoms with Crippen LogP contribution in [0.1, 0.15) is 38.2 Å². The van der Waals surface area contributed by atoms with E-state index in [9.17, 15) is 4.79 Å². The third-order valence-electron chi connectivity index (χ3n) is 2.69. The molecular weight excluding hydrogens is 232 g/mol. The molecule has 0 bridgehead atoms. The summed E-state index contributed by atoms with van der Waals surface area (Å²) in [4.78, 5) is 11.9. The quantitative estimate of drug-likeness (QED) is 0.719. The summed E-state index contributed by atoms with van der Waals surface area (Å²) >= 11 is 1.44. The molecule has 0 N–H and O–H groups in total. The highest BCUT2D eigenvalue weighted by Gasteiger charge is 2.15. The lowest BCUT2D eigenvalue weighted by Gasteiger charge is -2.11. The molecule has 3 heteroatoms. The van der Waals surface area contributed by atoms with Gasteiger partial charge in [-0.3, -0.25) is 4.79 Å². The fraction of sp³-hybridized carbons (Fsp3) is 0.500. The van der Waals surface area contributed by atoms with Crippen LogP contribution in [0.3, 0.4) is 0 Å². The van der Waals surface area contributed by atoms with Crippen molar-refractivity contribution in [1.29, 1.82) is 0 Å². The monoisotopic (exact) mass is 252 g/mol. The number of hydrogen-bond donors (Lipinski definition) is 0. The molecule has 0 saturated carbocycles. The average Bonchev–Trinajstić information content (AvgIpc) is 2.38. The number of unbranched alkanes of at least 4 members (excludes halogenated alkanes) is 1. The summed E-state index contributed by atoms with van der Waals surface area (Å²) < 4.78 is 5.17. The summed E-state index contributed by atoms with van der Waals surface area (Å²) in [5.74, 6) is 1.66. The fourth-order valence-electron chi connectivity index (χ4n) is 1.49. The van der Waals surface area contributed by atoms with E-state index in [0.717, 1.165) is 29.9 Å². The molecule has 1 atom stereocenters. The first kappa shape index (κ1) is 14.1. The number of benzene rings is 1. The van der Waals surface area contributed by atoms with Gasteiger partial charge in [0.05, 0.1) is 13.0 Å². The summed E-state index contributed by atoms with van der Waals surface area (Å²) in [5, 5.41) is 0.242. The summed E-state index contributed by atoms with van der Waals surface area (Å²) in [7, 11) is 1.64. The van der Waals surface area contributed by atoms with Gasteiger partial charge < -0.3 is 4.74 Å². The molecule has 0 amide bonds. The Balaban J connectivity index is 2.61. The van der Waals surface area contributed by atoms with Crippen molar-refractivity contribution in [1.82, 2.24) is 0 Å². The lowest BCUT2D eigenvalue weighted by Crippen LogP contribution is -2.06. The maximum Gasteiger partial charge on any atom is 0.196 e. The first-order valence-electron chi connectivity index (χ1n) is 5.99. The van der Waals surface area contributed by atoms with Gasteiger partial charge in [0.25, 0.3) is 0 Å². The number of ether oxygens (including phenoxy) is 1. The Bertz CT molecular complexity index is 363. The first-order valence-corrected chi connectivity index (χ1v) is 6.98. The largest absolute Gasteiger partial charge is 0.497 e. The Kier molecular flexibility index (Phi) is 6.12. The van der Waals surface area contributed by atoms with Crippen molar-refractivity contribution in [3.05, 3.63) is 29.8 Å². The van der Waals surface area contributed by atoms with Gasteiger partial charge in [-0.1, -0.05) is 44.2 Å². The Labute approximate surface area is 108 Å². The molecule has 0 radical (unpaired) electrons. The molecule has 0 aliphatic rings. The predicted octanol–water partition coefficient (Wildman–Crippen LogP) is 3.86. The summed E-state index contributed by atoms with van der Waals surface area (Å²) in [6.07, 6.45) is 2.23. The molecule has 0 heterocycles. The van der Waals surface area contributed by atoms with Crippen molar-refractivity contribution in [2.45, 2.75) is 32.6 Å². The molecule has 1 aromatic carbocycles. The standard InChI is InChI=1S/C14H20O2S/c1-4-5-9-17-14(15)11(2)12-7-6-8-13(10-12)16-3/h6-8,10-11H,4-5,9H2,1-3H3. The average molecular weight is 252 g/mol. The van der Waals surface area contributed by atoms with E-state index >= 15 is 0 Å². The van der Waals surface area contributed by atoms with E-state index < -0.39 is 0 Å². The van der Waals surface area contributed by atoms with Gasteiger partial charge in [0, 0.05) is 5.75 Å². The Morgan fingerprint density at radius 3 is 2.88 bits per heavy atom. The van der Waals surface area contributed by atoms with Crippen LogP contribution in [0.4, 0.5) is 0 Å². The molecule has 0 aromatic heterocycles. The number of carbonyl (C=O) groups excluding carboxylic acids is 1. The van der Waals surface area contributed by atoms with Gasteiger partial charge in [0.2, 0.25) is 0 Å². The minimum atomic E-state index is -0.0630. The Hall–Kier alpha value is -0.960. The molecule has 2 nitrogen and oxygen atoms in total. The van der Waals surface area contributed by atoms with Crippen LogP contribution in [0.5, 0.6) is 5.75 Å². The van der Waals surface area contributed by atoms with Crippen molar-refractivity contribution < 1.29 is 9.53 Å². The van der Waals surface area contributed by atoms with Crippen molar-refractivity contribution in [2.24, 2.45) is 0 Å². The van der Waals surface area contributed by atoms with Crippen LogP contribution in [0.2, 0.25) is 0 Å². The maximum atomic E-state index is 11.9. The highest BCUT2D eigenvalue weighted by Crippen LogP contribution is 2.25. The maximum absolute atomic E-state index is 11.9. The van der Waals surface area contributed by atoms with Gasteiger partial charge in [0.15, 0.2) is 5.12 Å². The molecule has 1 rings (SSSR count). The number of thioether (sulfide) groups is 1. The highest BCUT2D eigenvalue weighted by molar-refractivity contribution is 8.13. The van der Waals surface area contributed by atoms with Crippen molar-refractivity contribution in [3.63, 3.8) is 0 Å². The molecule has 17 heavy (non-hydrogen) atoms. The molecule has 1 aromatic rings. The zero-order valence-electron chi connectivity index (χ0n) is 10.7. The second kappa shape index (κ2) is 7.38. The van der Waals surface area contributed by atoms with Crippen molar-refractivity contribution in [2.75, 3.05) is 12.9 Å². The zero-order valence-corrected chi connectivity index (χ0v) is 11.5. The third-order valence-corrected chi connectivity index (χ3v) is 3.82. The molecular formula is C14H20O2S. The van der Waals surface area contributed by atoms with Crippen LogP contribution in [-0.4, -0.2) is 18.0 Å². The van der Waals surface area contributed by atoms with Gasteiger partial charge in [-0.2, -0.15) is 0 Å². The van der Waals surface area contributed by atoms with Gasteiger partial charge in [-0.15, -0.1) is 0 Å². The second-order valence-corrected chi connectivity index (χ2v) is 5.12. The lowest BCUT2D eigenvalue weighted by atomic mass is 10.0. The van der Waals surface area contributed by atoms with E-state index in [0.29, 0.717) is 0 Å². The number of hydrogen-bond acceptors (Lipinski definition) is 3. The zero-order chi connectivity index (χ0) is 12.7. The minimum Gasteiger partial charge on any atom is -0.497 e. The van der Waals surface area contributed by atoms with E-state index in [4.69, 9.17) is 4.74 Å². The number of rotatable bonds is 6. The van der Waals surface area contributed by atoms with Gasteiger partial charge in [0.1, 0.15) is 5.75 Å². The lowest BCUT2D eigenvalue weighted by molar-refractivity contribution is -0.111. The molecule has 0 saturated heterocycles. The van der Waals surface area contributed by atoms with Crippen LogP contribution in [0, 0.1) is 0 Å². The molecule has 94 valence electrons. The van der Waals surface area contributed by atoms with Crippen LogP contribution >= 0.6 is 11.8 Å². The van der Waals surface area contributed by atoms with E-state index in [1.807, 2.05) is 31.2 Å². The van der Waals surface area contributed by atoms with Crippen LogP contribution in [0.15, 0.2) is 24.3 Å². The molecule has 0 spiro atoms. The summed E-state index contributed by atoms with van der Waals surface area (Å²) in [6, 6.07) is 7.73. The number of carbonyl (C=O) groups is 1. The van der Waals surface area contributed by atoms with Crippen LogP contribution < -0.4 is 4.74 Å². The third kappa shape index (κ3) is 4.43. The van der Waals surface area contributed by atoms with Crippen molar-refractivity contribution in [3.8, 4) is 5.75 Å². The van der Waals surface area contributed by atoms with Crippen molar-refractivity contribution >= 4 is 16.9 Å². The van der Waals surface area contributed by atoms with E-state index in [1.54, 1.807) is 7.11 Å². The highest BCUT2D eigenvalue weighted by atomic mass is 32.2. The smallest absolute Gasteiger partial charge is 0.196 e. The van der Waals surface area contributed by atoms with E-state index in [-0.39, 0.29) is 11.0 Å². The molecule has 0 aliphatic heterocycles. The van der Waals surface area contributed by atoms with Crippen LogP contribution in [-0.2, 0) is 4.79 Å². The first-order chi connectivity index (χ1) is 8.19. The SMILES string of the molecule is CCCCSC(=O)C(C)c1cccc(OC)c1. The molecule has 0 aliphatic carbocycles. The van der Waals surface area contributed by atoms with E-state index in [2.05, 4.69) is 6.92 Å². The summed E-state index contributed by atoms with van der Waals surface area (Å²) in [5.41, 5.74) is 1.03. The molecule has 0 fully saturated rings. The normalized spacial score (nSPS) is 12.2. The summed E-state index contributed by atoms with van der Waals surface area (Å²) in [6.45, 7) is 4.09. The minimum absolute atomic E-state index is 0.0630. The fourth-order valence-corrected chi connectivity index (χ4v) is 2.51. The predicted molar refractivity (Wildman–Crippen MR) is 73.8 cm³/mol. The number of methoxy groups -OCH3 is 1. The van der Waals surface area contributed by atoms with Crippen LogP contribution in [0.25, 0.3) is 0 Å². The molecule has 1 unspecified atom stereocenters.